The molecule has 0 bridgehead atoms. The molecule has 40 heavy (non-hydrogen) atoms. The van der Waals surface area contributed by atoms with E-state index in [9.17, 15) is 14.7 Å². The van der Waals surface area contributed by atoms with Crippen LogP contribution in [0.25, 0.3) is 16.7 Å². The maximum atomic E-state index is 15.6. The number of rotatable bonds is 5. The minimum Gasteiger partial charge on any atom is -0.382 e. The smallest absolute Gasteiger partial charge is 0.295 e. The molecular weight excluding hydrogens is 516 g/mol. The number of carbonyl (C=O) groups excluding carboxylic acids is 1. The third kappa shape index (κ3) is 4.61. The number of alkyl halides is 2. The molecule has 8 nitrogen and oxygen atoms in total. The van der Waals surface area contributed by atoms with Gasteiger partial charge >= 0.3 is 0 Å². The van der Waals surface area contributed by atoms with Gasteiger partial charge in [-0.3, -0.25) is 14.2 Å². The van der Waals surface area contributed by atoms with Gasteiger partial charge in [-0.1, -0.05) is 48.5 Å². The number of aliphatic hydroxyl groups is 1. The fraction of sp³-hybridized carbons (Fsp3) is 0.367. The first-order chi connectivity index (χ1) is 19.3. The zero-order valence-corrected chi connectivity index (χ0v) is 21.9. The molecule has 1 amide bonds. The second kappa shape index (κ2) is 10.3. The van der Waals surface area contributed by atoms with Crippen LogP contribution >= 0.6 is 0 Å². The van der Waals surface area contributed by atoms with E-state index in [0.717, 1.165) is 15.8 Å². The molecule has 2 aromatic carbocycles. The fourth-order valence-corrected chi connectivity index (χ4v) is 6.04. The minimum atomic E-state index is -3.62. The molecule has 208 valence electrons. The number of piperidine rings is 2. The topological polar surface area (TPSA) is 92.4 Å². The number of carbonyl (C=O) groups is 1. The van der Waals surface area contributed by atoms with Crippen molar-refractivity contribution in [1.82, 2.24) is 24.3 Å². The number of benzene rings is 2. The van der Waals surface area contributed by atoms with Gasteiger partial charge in [0.1, 0.15) is 11.9 Å². The van der Waals surface area contributed by atoms with Gasteiger partial charge in [0, 0.05) is 43.2 Å². The highest BCUT2D eigenvalue weighted by molar-refractivity contribution is 5.80. The average molecular weight is 548 g/mol. The van der Waals surface area contributed by atoms with Crippen molar-refractivity contribution in [3.8, 4) is 5.69 Å². The van der Waals surface area contributed by atoms with E-state index in [0.29, 0.717) is 25.2 Å². The van der Waals surface area contributed by atoms with E-state index in [2.05, 4.69) is 10.3 Å². The van der Waals surface area contributed by atoms with E-state index < -0.39 is 36.1 Å². The van der Waals surface area contributed by atoms with E-state index in [1.807, 2.05) is 60.7 Å². The van der Waals surface area contributed by atoms with Crippen molar-refractivity contribution in [1.29, 1.82) is 0 Å². The van der Waals surface area contributed by atoms with Crippen molar-refractivity contribution in [2.75, 3.05) is 26.2 Å². The number of halogens is 2. The highest BCUT2D eigenvalue weighted by atomic mass is 19.3. The lowest BCUT2D eigenvalue weighted by molar-refractivity contribution is -0.223. The number of nitrogens with zero attached hydrogens (tertiary/aromatic N) is 4. The Morgan fingerprint density at radius 1 is 1.07 bits per heavy atom. The summed E-state index contributed by atoms with van der Waals surface area (Å²) >= 11 is 0. The fourth-order valence-electron chi connectivity index (χ4n) is 6.04. The molecule has 0 saturated carbocycles. The summed E-state index contributed by atoms with van der Waals surface area (Å²) in [5.41, 5.74) is -0.800. The predicted molar refractivity (Wildman–Crippen MR) is 147 cm³/mol. The third-order valence-corrected chi connectivity index (χ3v) is 8.34. The summed E-state index contributed by atoms with van der Waals surface area (Å²) in [5.74, 6) is -4.48. The monoisotopic (exact) mass is 547 g/mol. The highest BCUT2D eigenvalue weighted by Gasteiger charge is 2.57. The van der Waals surface area contributed by atoms with E-state index in [-0.39, 0.29) is 30.2 Å². The first kappa shape index (κ1) is 26.3. The first-order valence-electron chi connectivity index (χ1n) is 13.5. The Labute approximate surface area is 229 Å². The van der Waals surface area contributed by atoms with Crippen LogP contribution in [-0.4, -0.2) is 67.7 Å². The van der Waals surface area contributed by atoms with Gasteiger partial charge in [-0.15, -0.1) is 0 Å². The molecule has 0 aliphatic carbocycles. The predicted octanol–water partition coefficient (Wildman–Crippen LogP) is 3.18. The molecule has 2 N–H and O–H groups in total. The van der Waals surface area contributed by atoms with Crippen molar-refractivity contribution in [3.05, 3.63) is 95.2 Å². The van der Waals surface area contributed by atoms with Gasteiger partial charge < -0.3 is 19.9 Å². The highest BCUT2D eigenvalue weighted by Crippen LogP contribution is 2.40. The van der Waals surface area contributed by atoms with Gasteiger partial charge in [0.25, 0.3) is 11.5 Å². The van der Waals surface area contributed by atoms with Crippen LogP contribution in [0.3, 0.4) is 0 Å². The third-order valence-electron chi connectivity index (χ3n) is 8.34. The van der Waals surface area contributed by atoms with E-state index in [1.165, 1.54) is 11.2 Å². The molecule has 2 aromatic heterocycles. The Bertz CT molecular complexity index is 1570. The Hall–Kier alpha value is -3.89. The Balaban J connectivity index is 1.21. The summed E-state index contributed by atoms with van der Waals surface area (Å²) in [5, 5.41) is 14.8. The molecule has 2 aliphatic heterocycles. The van der Waals surface area contributed by atoms with Crippen LogP contribution in [0.4, 0.5) is 8.78 Å². The summed E-state index contributed by atoms with van der Waals surface area (Å²) in [6.45, 7) is -0.314. The zero-order valence-electron chi connectivity index (χ0n) is 21.9. The number of fused-ring (bicyclic) bond motifs is 1. The zero-order chi connectivity index (χ0) is 27.9. The average Bonchev–Trinajstić information content (AvgIpc) is 3.42. The van der Waals surface area contributed by atoms with Gasteiger partial charge in [-0.25, -0.2) is 13.8 Å². The van der Waals surface area contributed by atoms with E-state index >= 15 is 8.78 Å². The summed E-state index contributed by atoms with van der Waals surface area (Å²) < 4.78 is 34.0. The van der Waals surface area contributed by atoms with Crippen LogP contribution in [0.1, 0.15) is 24.3 Å². The van der Waals surface area contributed by atoms with E-state index in [4.69, 9.17) is 0 Å². The molecule has 2 aliphatic rings. The van der Waals surface area contributed by atoms with Crippen molar-refractivity contribution < 1.29 is 18.7 Å². The Morgan fingerprint density at radius 2 is 1.80 bits per heavy atom. The van der Waals surface area contributed by atoms with Gasteiger partial charge in [-0.2, -0.15) is 0 Å². The number of likely N-dealkylation sites (tertiary alicyclic amines) is 1. The molecule has 6 rings (SSSR count). The minimum absolute atomic E-state index is 0.0226. The number of para-hydroxylation sites is 1. The number of hydrogen-bond acceptors (Lipinski definition) is 5. The largest absolute Gasteiger partial charge is 0.382 e. The molecule has 0 spiro atoms. The number of nitrogens with one attached hydrogen (secondary N) is 1. The summed E-state index contributed by atoms with van der Waals surface area (Å²) in [6, 6.07) is 20.6. The van der Waals surface area contributed by atoms with Gasteiger partial charge in [0.15, 0.2) is 5.65 Å². The summed E-state index contributed by atoms with van der Waals surface area (Å²) in [6.07, 6.45) is 3.10. The number of hydrogen-bond donors (Lipinski definition) is 2. The van der Waals surface area contributed by atoms with Crippen molar-refractivity contribution in [3.63, 3.8) is 0 Å². The Kier molecular flexibility index (Phi) is 6.75. The normalized spacial score (nSPS) is 24.7. The lowest BCUT2D eigenvalue weighted by atomic mass is 9.79. The van der Waals surface area contributed by atoms with Gasteiger partial charge in [-0.05, 0) is 36.7 Å². The number of amides is 1. The molecular formula is C30H31F2N5O3. The number of aromatic nitrogens is 3. The maximum absolute atomic E-state index is 15.6. The standard InChI is InChI=1S/C30H31F2N5O3/c31-30(32)19-35(27(38)23-11-14-33-17-25(23)21-7-3-1-4-8-21)16-13-29(30,40)18-36-20-34-26-24(28(36)39)12-15-37(26)22-9-5-2-6-10-22/h1-10,12,15,20,23,25,33,40H,11,13-14,16-19H2/t23-,25+,29?/m1/s1. The summed E-state index contributed by atoms with van der Waals surface area (Å²) in [4.78, 5) is 32.3. The first-order valence-corrected chi connectivity index (χ1v) is 13.5. The van der Waals surface area contributed by atoms with Crippen LogP contribution in [0.15, 0.2) is 84.0 Å². The molecule has 3 atom stereocenters. The van der Waals surface area contributed by atoms with Crippen LogP contribution in [-0.2, 0) is 11.3 Å². The van der Waals surface area contributed by atoms with Crippen LogP contribution < -0.4 is 10.9 Å². The second-order valence-electron chi connectivity index (χ2n) is 10.8. The SMILES string of the molecule is O=C([C@@H]1CCNC[C@H]1c1ccccc1)N1CCC(O)(Cn2cnc3c(ccn3-c3ccccc3)c2=O)C(F)(F)C1. The lowest BCUT2D eigenvalue weighted by Gasteiger charge is -2.46. The Morgan fingerprint density at radius 3 is 2.52 bits per heavy atom. The van der Waals surface area contributed by atoms with Gasteiger partial charge in [0.2, 0.25) is 5.91 Å². The van der Waals surface area contributed by atoms with Crippen LogP contribution in [0.2, 0.25) is 0 Å². The summed E-state index contributed by atoms with van der Waals surface area (Å²) in [7, 11) is 0. The van der Waals surface area contributed by atoms with Crippen molar-refractivity contribution >= 4 is 16.9 Å². The molecule has 2 fully saturated rings. The quantitative estimate of drug-likeness (QED) is 0.401. The van der Waals surface area contributed by atoms with E-state index in [1.54, 1.807) is 16.8 Å². The molecule has 4 heterocycles. The van der Waals surface area contributed by atoms with Crippen molar-refractivity contribution in [2.24, 2.45) is 5.92 Å². The lowest BCUT2D eigenvalue weighted by Crippen LogP contribution is -2.64. The maximum Gasteiger partial charge on any atom is 0.295 e. The van der Waals surface area contributed by atoms with Gasteiger partial charge in [0.05, 0.1) is 18.5 Å². The molecule has 0 radical (unpaired) electrons. The van der Waals surface area contributed by atoms with Crippen LogP contribution in [0.5, 0.6) is 0 Å². The van der Waals surface area contributed by atoms with Crippen LogP contribution in [0, 0.1) is 5.92 Å². The van der Waals surface area contributed by atoms with Crippen molar-refractivity contribution in [2.45, 2.75) is 36.8 Å². The molecule has 4 aromatic rings. The molecule has 10 heteroatoms. The molecule has 2 saturated heterocycles. The molecule has 1 unspecified atom stereocenters. The second-order valence-corrected chi connectivity index (χ2v) is 10.8.